The zero-order valence-electron chi connectivity index (χ0n) is 21.7. The molecule has 0 fully saturated rings. The lowest BCUT2D eigenvalue weighted by Crippen LogP contribution is -2.38. The second-order valence-corrected chi connectivity index (χ2v) is 11.7. The first-order valence-corrected chi connectivity index (χ1v) is 14.9. The Bertz CT molecular complexity index is 1350. The largest absolute Gasteiger partial charge is 0.241 e. The maximum Gasteiger partial charge on any atom is 0.241 e. The third-order valence-corrected chi connectivity index (χ3v) is 8.55. The van der Waals surface area contributed by atoms with Crippen molar-refractivity contribution >= 4 is 21.8 Å². The van der Waals surface area contributed by atoms with Gasteiger partial charge in [-0.05, 0) is 66.8 Å². The fourth-order valence-corrected chi connectivity index (χ4v) is 6.22. The standard InChI is InChI=1S/C32H35ClN2O2S/c1-26-21-23-30(24-22-26)38(36,37)34-31(28-17-9-3-10-18-28)32(29-19-11-4-12-20-29)35(33)25-13-5-8-16-27-14-6-2-7-15-27/h2-4,6-7,9-12,14-15,17-24,31-32,34H,5,8,13,16,25H2,1H3/t31-,32-/m0/s1. The summed E-state index contributed by atoms with van der Waals surface area (Å²) in [7, 11) is -3.81. The third-order valence-electron chi connectivity index (χ3n) is 6.71. The second-order valence-electron chi connectivity index (χ2n) is 9.60. The lowest BCUT2D eigenvalue weighted by Gasteiger charge is -2.34. The molecule has 0 saturated heterocycles. The van der Waals surface area contributed by atoms with Crippen molar-refractivity contribution in [1.82, 2.24) is 9.14 Å². The van der Waals surface area contributed by atoms with Gasteiger partial charge in [-0.3, -0.25) is 0 Å². The Balaban J connectivity index is 1.56. The molecule has 0 saturated carbocycles. The minimum atomic E-state index is -3.81. The molecule has 4 nitrogen and oxygen atoms in total. The van der Waals surface area contributed by atoms with E-state index in [4.69, 9.17) is 11.8 Å². The molecule has 38 heavy (non-hydrogen) atoms. The van der Waals surface area contributed by atoms with Crippen molar-refractivity contribution in [2.24, 2.45) is 0 Å². The van der Waals surface area contributed by atoms with Crippen molar-refractivity contribution < 1.29 is 8.42 Å². The lowest BCUT2D eigenvalue weighted by atomic mass is 9.94. The molecule has 0 spiro atoms. The first-order chi connectivity index (χ1) is 18.4. The van der Waals surface area contributed by atoms with Crippen molar-refractivity contribution in [3.05, 3.63) is 138 Å². The van der Waals surface area contributed by atoms with Crippen LogP contribution in [0.5, 0.6) is 0 Å². The molecular weight excluding hydrogens is 512 g/mol. The molecule has 1 N–H and O–H groups in total. The predicted molar refractivity (Wildman–Crippen MR) is 156 cm³/mol. The van der Waals surface area contributed by atoms with Crippen molar-refractivity contribution in [2.45, 2.75) is 49.6 Å². The first-order valence-electron chi connectivity index (χ1n) is 13.1. The molecule has 4 aromatic rings. The van der Waals surface area contributed by atoms with Gasteiger partial charge in [0.25, 0.3) is 0 Å². The summed E-state index contributed by atoms with van der Waals surface area (Å²) in [6.07, 6.45) is 4.05. The van der Waals surface area contributed by atoms with E-state index in [-0.39, 0.29) is 4.90 Å². The van der Waals surface area contributed by atoms with E-state index in [1.807, 2.05) is 85.8 Å². The summed E-state index contributed by atoms with van der Waals surface area (Å²) in [5.74, 6) is 0. The summed E-state index contributed by atoms with van der Waals surface area (Å²) >= 11 is 7.02. The van der Waals surface area contributed by atoms with E-state index in [1.54, 1.807) is 16.6 Å². The maximum atomic E-state index is 13.5. The molecule has 0 aliphatic carbocycles. The topological polar surface area (TPSA) is 49.4 Å². The molecule has 0 radical (unpaired) electrons. The van der Waals surface area contributed by atoms with E-state index in [9.17, 15) is 8.42 Å². The van der Waals surface area contributed by atoms with E-state index in [0.29, 0.717) is 6.54 Å². The summed E-state index contributed by atoms with van der Waals surface area (Å²) in [6.45, 7) is 2.57. The summed E-state index contributed by atoms with van der Waals surface area (Å²) in [4.78, 5) is 0.234. The molecule has 0 aliphatic heterocycles. The van der Waals surface area contributed by atoms with Crippen molar-refractivity contribution in [2.75, 3.05) is 6.54 Å². The Hall–Kier alpha value is -2.96. The molecule has 4 aromatic carbocycles. The molecule has 6 heteroatoms. The number of halogens is 1. The van der Waals surface area contributed by atoms with Gasteiger partial charge in [0.1, 0.15) is 0 Å². The van der Waals surface area contributed by atoms with Crippen LogP contribution in [0, 0.1) is 6.92 Å². The van der Waals surface area contributed by atoms with E-state index >= 15 is 0 Å². The van der Waals surface area contributed by atoms with E-state index < -0.39 is 22.1 Å². The fourth-order valence-electron chi connectivity index (χ4n) is 4.65. The van der Waals surface area contributed by atoms with Crippen LogP contribution in [0.25, 0.3) is 0 Å². The minimum absolute atomic E-state index is 0.234. The van der Waals surface area contributed by atoms with E-state index in [1.165, 1.54) is 5.56 Å². The molecule has 0 aromatic heterocycles. The van der Waals surface area contributed by atoms with Gasteiger partial charge < -0.3 is 0 Å². The smallest absolute Gasteiger partial charge is 0.211 e. The molecule has 0 heterocycles. The Morgan fingerprint density at radius 3 is 1.87 bits per heavy atom. The van der Waals surface area contributed by atoms with Gasteiger partial charge in [-0.25, -0.2) is 17.6 Å². The predicted octanol–water partition coefficient (Wildman–Crippen LogP) is 7.62. The summed E-state index contributed by atoms with van der Waals surface area (Å²) in [5, 5.41) is 0. The monoisotopic (exact) mass is 546 g/mol. The molecular formula is C32H35ClN2O2S. The Morgan fingerprint density at radius 2 is 1.26 bits per heavy atom. The highest BCUT2D eigenvalue weighted by Crippen LogP contribution is 2.37. The number of sulfonamides is 1. The van der Waals surface area contributed by atoms with Crippen LogP contribution in [0.1, 0.15) is 53.6 Å². The molecule has 0 amide bonds. The van der Waals surface area contributed by atoms with Gasteiger partial charge in [0.2, 0.25) is 10.0 Å². The normalized spacial score (nSPS) is 13.3. The number of benzene rings is 4. The number of rotatable bonds is 13. The Morgan fingerprint density at radius 1 is 0.711 bits per heavy atom. The first kappa shape index (κ1) is 28.1. The average Bonchev–Trinajstić information content (AvgIpc) is 2.94. The van der Waals surface area contributed by atoms with Crippen LogP contribution in [0.15, 0.2) is 120 Å². The summed E-state index contributed by atoms with van der Waals surface area (Å²) in [6, 6.07) is 36.0. The van der Waals surface area contributed by atoms with Crippen molar-refractivity contribution in [3.63, 3.8) is 0 Å². The van der Waals surface area contributed by atoms with Crippen LogP contribution in [0.2, 0.25) is 0 Å². The summed E-state index contributed by atoms with van der Waals surface area (Å²) in [5.41, 5.74) is 4.15. The van der Waals surface area contributed by atoms with Crippen LogP contribution >= 0.6 is 11.8 Å². The quantitative estimate of drug-likeness (QED) is 0.138. The Labute approximate surface area is 232 Å². The Kier molecular flexibility index (Phi) is 10.1. The molecule has 0 aliphatic rings. The van der Waals surface area contributed by atoms with Gasteiger partial charge in [0.05, 0.1) is 17.0 Å². The second kappa shape index (κ2) is 13.7. The lowest BCUT2D eigenvalue weighted by molar-refractivity contribution is 0.282. The van der Waals surface area contributed by atoms with E-state index in [0.717, 1.165) is 42.4 Å². The molecule has 4 rings (SSSR count). The molecule has 2 atom stereocenters. The maximum absolute atomic E-state index is 13.5. The molecule has 0 unspecified atom stereocenters. The van der Waals surface area contributed by atoms with Crippen LogP contribution in [-0.4, -0.2) is 19.4 Å². The minimum Gasteiger partial charge on any atom is -0.211 e. The number of aryl methyl sites for hydroxylation is 2. The third kappa shape index (κ3) is 7.78. The molecule has 198 valence electrons. The zero-order valence-corrected chi connectivity index (χ0v) is 23.3. The van der Waals surface area contributed by atoms with Gasteiger partial charge in [0.15, 0.2) is 0 Å². The number of hydrogen-bond acceptors (Lipinski definition) is 3. The average molecular weight is 547 g/mol. The number of nitrogens with zero attached hydrogens (tertiary/aromatic N) is 1. The zero-order chi connectivity index (χ0) is 26.8. The highest BCUT2D eigenvalue weighted by Gasteiger charge is 2.33. The number of hydrogen-bond donors (Lipinski definition) is 1. The fraction of sp³-hybridized carbons (Fsp3) is 0.250. The van der Waals surface area contributed by atoms with Crippen LogP contribution < -0.4 is 4.72 Å². The van der Waals surface area contributed by atoms with Crippen molar-refractivity contribution in [3.8, 4) is 0 Å². The highest BCUT2D eigenvalue weighted by molar-refractivity contribution is 7.89. The highest BCUT2D eigenvalue weighted by atomic mass is 35.5. The van der Waals surface area contributed by atoms with Gasteiger partial charge in [-0.1, -0.05) is 115 Å². The SMILES string of the molecule is Cc1ccc(S(=O)(=O)N[C@@H](c2ccccc2)[C@H](c2ccccc2)N(Cl)CCCCCc2ccccc2)cc1. The molecule has 0 bridgehead atoms. The van der Waals surface area contributed by atoms with Gasteiger partial charge in [0, 0.05) is 6.54 Å². The number of nitrogens with one attached hydrogen (secondary N) is 1. The van der Waals surface area contributed by atoms with E-state index in [2.05, 4.69) is 29.0 Å². The van der Waals surface area contributed by atoms with Crippen LogP contribution in [-0.2, 0) is 16.4 Å². The van der Waals surface area contributed by atoms with Crippen LogP contribution in [0.4, 0.5) is 0 Å². The van der Waals surface area contributed by atoms with Crippen molar-refractivity contribution in [1.29, 1.82) is 0 Å². The van der Waals surface area contributed by atoms with Gasteiger partial charge >= 0.3 is 0 Å². The number of unbranched alkanes of at least 4 members (excludes halogenated alkanes) is 2. The summed E-state index contributed by atoms with van der Waals surface area (Å²) < 4.78 is 31.9. The van der Waals surface area contributed by atoms with Gasteiger partial charge in [-0.15, -0.1) is 0 Å². The van der Waals surface area contributed by atoms with Crippen LogP contribution in [0.3, 0.4) is 0 Å². The van der Waals surface area contributed by atoms with Gasteiger partial charge in [-0.2, -0.15) is 0 Å².